The Morgan fingerprint density at radius 1 is 1.17 bits per heavy atom. The van der Waals surface area contributed by atoms with E-state index in [-0.39, 0.29) is 5.90 Å². The van der Waals surface area contributed by atoms with Gasteiger partial charge < -0.3 is 18.9 Å². The van der Waals surface area contributed by atoms with Crippen molar-refractivity contribution in [2.75, 3.05) is 13.7 Å². The summed E-state index contributed by atoms with van der Waals surface area (Å²) in [4.78, 5) is 0. The smallest absolute Gasteiger partial charge is 0.218 e. The van der Waals surface area contributed by atoms with Crippen LogP contribution in [0, 0.1) is 56.2 Å². The second-order valence-electron chi connectivity index (χ2n) is 7.83. The van der Waals surface area contributed by atoms with Gasteiger partial charge in [-0.15, -0.1) is 0 Å². The predicted molar refractivity (Wildman–Crippen MR) is 103 cm³/mol. The zero-order chi connectivity index (χ0) is 21.6. The Kier molecular flexibility index (Phi) is 4.60. The molecule has 1 aromatic rings. The fourth-order valence-electron chi connectivity index (χ4n) is 5.26. The number of nitriles is 3. The molecule has 5 rings (SSSR count). The van der Waals surface area contributed by atoms with Crippen LogP contribution < -0.4 is 9.47 Å². The van der Waals surface area contributed by atoms with Gasteiger partial charge in [0.15, 0.2) is 22.3 Å². The first-order valence-electron chi connectivity index (χ1n) is 9.99. The van der Waals surface area contributed by atoms with Gasteiger partial charge in [-0.3, -0.25) is 5.41 Å². The minimum Gasteiger partial charge on any atom is -0.493 e. The Bertz CT molecular complexity index is 1010. The van der Waals surface area contributed by atoms with Crippen LogP contribution in [0.5, 0.6) is 11.5 Å². The van der Waals surface area contributed by atoms with Gasteiger partial charge in [0.25, 0.3) is 0 Å². The van der Waals surface area contributed by atoms with Gasteiger partial charge in [-0.1, -0.05) is 12.5 Å². The van der Waals surface area contributed by atoms with Gasteiger partial charge >= 0.3 is 0 Å². The van der Waals surface area contributed by atoms with E-state index in [2.05, 4.69) is 18.2 Å². The van der Waals surface area contributed by atoms with Gasteiger partial charge in [0, 0.05) is 6.42 Å². The van der Waals surface area contributed by atoms with Crippen LogP contribution in [0.4, 0.5) is 0 Å². The molecule has 4 aliphatic rings. The third-order valence-electron chi connectivity index (χ3n) is 6.61. The summed E-state index contributed by atoms with van der Waals surface area (Å²) in [6.07, 6.45) is 1.55. The molecule has 1 aromatic carbocycles. The molecule has 8 nitrogen and oxygen atoms in total. The molecule has 2 bridgehead atoms. The number of fused-ring (bicyclic) bond motifs is 2. The molecule has 8 heteroatoms. The zero-order valence-electron chi connectivity index (χ0n) is 16.9. The van der Waals surface area contributed by atoms with Gasteiger partial charge in [0.1, 0.15) is 6.10 Å². The summed E-state index contributed by atoms with van der Waals surface area (Å²) in [7, 11) is 1.51. The van der Waals surface area contributed by atoms with E-state index in [9.17, 15) is 15.8 Å². The Morgan fingerprint density at radius 2 is 1.93 bits per heavy atom. The summed E-state index contributed by atoms with van der Waals surface area (Å²) in [5, 5.41) is 39.4. The lowest BCUT2D eigenvalue weighted by molar-refractivity contribution is -0.360. The fraction of sp³-hybridized carbons (Fsp3) is 0.545. The van der Waals surface area contributed by atoms with Crippen molar-refractivity contribution < 1.29 is 18.9 Å². The van der Waals surface area contributed by atoms with E-state index in [1.807, 2.05) is 6.92 Å². The van der Waals surface area contributed by atoms with E-state index in [1.165, 1.54) is 7.11 Å². The quantitative estimate of drug-likeness (QED) is 0.807. The fourth-order valence-corrected chi connectivity index (χ4v) is 5.26. The van der Waals surface area contributed by atoms with Crippen LogP contribution in [0.2, 0.25) is 0 Å². The summed E-state index contributed by atoms with van der Waals surface area (Å²) < 4.78 is 23.3. The number of hydrogen-bond donors (Lipinski definition) is 1. The molecule has 4 fully saturated rings. The monoisotopic (exact) mass is 406 g/mol. The van der Waals surface area contributed by atoms with Gasteiger partial charge in [0.05, 0.1) is 37.8 Å². The van der Waals surface area contributed by atoms with E-state index in [0.29, 0.717) is 36.5 Å². The van der Waals surface area contributed by atoms with Crippen molar-refractivity contribution in [2.24, 2.45) is 16.7 Å². The molecular formula is C22H22N4O4. The van der Waals surface area contributed by atoms with Crippen molar-refractivity contribution in [3.63, 3.8) is 0 Å². The minimum absolute atomic E-state index is 0.379. The van der Waals surface area contributed by atoms with E-state index in [0.717, 1.165) is 12.8 Å². The van der Waals surface area contributed by atoms with Crippen LogP contribution >= 0.6 is 0 Å². The molecule has 30 heavy (non-hydrogen) atoms. The number of methoxy groups -OCH3 is 1. The second-order valence-corrected chi connectivity index (χ2v) is 7.83. The lowest BCUT2D eigenvalue weighted by atomic mass is 9.48. The number of hydrogen-bond acceptors (Lipinski definition) is 8. The standard InChI is InChI=1S/C22H22N4O4/c1-3-28-15-8-7-14(10-16(15)27-2)18-21(13-25)19(26)30-22(29-18)9-5-4-6-17(22)20(21,11-23)12-24/h7-8,10,17-18,26H,3-6,9H2,1-2H3/t17-,18+,21+,22+/m0/s1. The molecular weight excluding hydrogens is 384 g/mol. The third-order valence-corrected chi connectivity index (χ3v) is 6.61. The number of nitrogens with zero attached hydrogens (tertiary/aromatic N) is 3. The Balaban J connectivity index is 1.94. The highest BCUT2D eigenvalue weighted by Crippen LogP contribution is 2.69. The molecule has 0 aromatic heterocycles. The van der Waals surface area contributed by atoms with Crippen LogP contribution in [0.3, 0.4) is 0 Å². The highest BCUT2D eigenvalue weighted by molar-refractivity contribution is 5.89. The molecule has 1 aliphatic carbocycles. The molecule has 0 unspecified atom stereocenters. The molecule has 1 spiro atoms. The SMILES string of the molecule is CCOc1ccc([C@H]2O[C@@]34CCCC[C@H]3C(C#N)(C#N)[C@@]2(C#N)C(=N)O4)cc1OC. The lowest BCUT2D eigenvalue weighted by Crippen LogP contribution is -2.73. The largest absolute Gasteiger partial charge is 0.493 e. The Hall–Kier alpha value is -3.28. The highest BCUT2D eigenvalue weighted by Gasteiger charge is 2.80. The first-order valence-corrected chi connectivity index (χ1v) is 9.99. The van der Waals surface area contributed by atoms with Crippen molar-refractivity contribution in [3.8, 4) is 29.7 Å². The number of benzene rings is 1. The van der Waals surface area contributed by atoms with Crippen LogP contribution in [-0.2, 0) is 9.47 Å². The van der Waals surface area contributed by atoms with Crippen LogP contribution in [0.25, 0.3) is 0 Å². The topological polar surface area (TPSA) is 132 Å². The van der Waals surface area contributed by atoms with Gasteiger partial charge in [-0.25, -0.2) is 0 Å². The maximum absolute atomic E-state index is 10.3. The summed E-state index contributed by atoms with van der Waals surface area (Å²) in [6.45, 7) is 2.31. The lowest BCUT2D eigenvalue weighted by Gasteiger charge is -2.63. The number of ether oxygens (including phenoxy) is 4. The number of rotatable bonds is 4. The van der Waals surface area contributed by atoms with E-state index in [4.69, 9.17) is 24.4 Å². The molecule has 3 heterocycles. The highest BCUT2D eigenvalue weighted by atomic mass is 16.7. The predicted octanol–water partition coefficient (Wildman–Crippen LogP) is 3.60. The molecule has 3 aliphatic heterocycles. The summed E-state index contributed by atoms with van der Waals surface area (Å²) in [6, 6.07) is 11.5. The second kappa shape index (κ2) is 6.90. The van der Waals surface area contributed by atoms with Crippen molar-refractivity contribution >= 4 is 5.90 Å². The molecule has 154 valence electrons. The van der Waals surface area contributed by atoms with Gasteiger partial charge in [-0.2, -0.15) is 15.8 Å². The maximum atomic E-state index is 10.3. The normalized spacial score (nSPS) is 33.2. The van der Waals surface area contributed by atoms with Crippen LogP contribution in [-0.4, -0.2) is 25.4 Å². The molecule has 0 radical (unpaired) electrons. The Morgan fingerprint density at radius 3 is 2.57 bits per heavy atom. The van der Waals surface area contributed by atoms with E-state index < -0.39 is 28.6 Å². The Labute approximate surface area is 175 Å². The number of nitrogens with one attached hydrogen (secondary N) is 1. The maximum Gasteiger partial charge on any atom is 0.218 e. The average Bonchev–Trinajstić information content (AvgIpc) is 2.77. The van der Waals surface area contributed by atoms with Crippen molar-refractivity contribution in [3.05, 3.63) is 23.8 Å². The minimum atomic E-state index is -1.89. The molecule has 0 amide bonds. The molecule has 1 saturated carbocycles. The molecule has 1 N–H and O–H groups in total. The van der Waals surface area contributed by atoms with Gasteiger partial charge in [0.2, 0.25) is 11.7 Å². The average molecular weight is 406 g/mol. The first kappa shape index (κ1) is 20.0. The summed E-state index contributed by atoms with van der Waals surface area (Å²) >= 11 is 0. The van der Waals surface area contributed by atoms with E-state index in [1.54, 1.807) is 18.2 Å². The molecule has 3 saturated heterocycles. The van der Waals surface area contributed by atoms with E-state index >= 15 is 0 Å². The molecule has 4 atom stereocenters. The first-order chi connectivity index (χ1) is 14.5. The zero-order valence-corrected chi connectivity index (χ0v) is 16.9. The van der Waals surface area contributed by atoms with Crippen molar-refractivity contribution in [1.82, 2.24) is 0 Å². The van der Waals surface area contributed by atoms with Crippen LogP contribution in [0.15, 0.2) is 18.2 Å². The van der Waals surface area contributed by atoms with Crippen molar-refractivity contribution in [2.45, 2.75) is 44.5 Å². The third kappa shape index (κ3) is 2.24. The summed E-state index contributed by atoms with van der Waals surface area (Å²) in [5.41, 5.74) is -3.12. The van der Waals surface area contributed by atoms with Crippen molar-refractivity contribution in [1.29, 1.82) is 21.2 Å². The van der Waals surface area contributed by atoms with Gasteiger partial charge in [-0.05, 0) is 37.5 Å². The summed E-state index contributed by atoms with van der Waals surface area (Å²) in [5.74, 6) is -1.28. The van der Waals surface area contributed by atoms with Crippen LogP contribution in [0.1, 0.15) is 44.3 Å².